The molecule has 0 aromatic carbocycles. The molecule has 0 radical (unpaired) electrons. The van der Waals surface area contributed by atoms with Gasteiger partial charge in [-0.15, -0.1) is 0 Å². The molecular weight excluding hydrogens is 192 g/mol. The van der Waals surface area contributed by atoms with Crippen LogP contribution in [0.15, 0.2) is 24.3 Å². The van der Waals surface area contributed by atoms with Gasteiger partial charge in [-0.25, -0.2) is 0 Å². The Kier molecular flexibility index (Phi) is 2.52. The Hall–Kier alpha value is -0.930. The van der Waals surface area contributed by atoms with Crippen molar-refractivity contribution in [1.29, 1.82) is 0 Å². The fourth-order valence-electron chi connectivity index (χ4n) is 2.45. The van der Waals surface area contributed by atoms with Gasteiger partial charge in [0.05, 0.1) is 0 Å². The van der Waals surface area contributed by atoms with Gasteiger partial charge in [0.2, 0.25) is 0 Å². The van der Waals surface area contributed by atoms with Gasteiger partial charge in [0.15, 0.2) is 11.4 Å². The topological polar surface area (TPSA) is 57.5 Å². The molecule has 2 rings (SSSR count). The number of ketones is 1. The van der Waals surface area contributed by atoms with Crippen LogP contribution in [0.3, 0.4) is 0 Å². The number of carbonyl (C=O) groups excluding carboxylic acids is 1. The fourth-order valence-corrected chi connectivity index (χ4v) is 2.45. The van der Waals surface area contributed by atoms with Crippen molar-refractivity contribution in [2.75, 3.05) is 0 Å². The summed E-state index contributed by atoms with van der Waals surface area (Å²) in [6.07, 6.45) is 9.73. The smallest absolute Gasteiger partial charge is 0.194 e. The predicted molar refractivity (Wildman–Crippen MR) is 56.3 cm³/mol. The lowest BCUT2D eigenvalue weighted by atomic mass is 9.69. The highest BCUT2D eigenvalue weighted by molar-refractivity contribution is 6.01. The summed E-state index contributed by atoms with van der Waals surface area (Å²) >= 11 is 0. The molecule has 2 aliphatic rings. The van der Waals surface area contributed by atoms with Crippen molar-refractivity contribution >= 4 is 5.78 Å². The average Bonchev–Trinajstić information content (AvgIpc) is 2.23. The molecule has 1 atom stereocenters. The summed E-state index contributed by atoms with van der Waals surface area (Å²) in [5.74, 6) is -0.408. The van der Waals surface area contributed by atoms with Gasteiger partial charge in [-0.1, -0.05) is 31.4 Å². The first-order chi connectivity index (χ1) is 7.08. The Balaban J connectivity index is 2.31. The van der Waals surface area contributed by atoms with Crippen molar-refractivity contribution in [2.45, 2.75) is 43.3 Å². The maximum Gasteiger partial charge on any atom is 0.194 e. The first kappa shape index (κ1) is 10.6. The highest BCUT2D eigenvalue weighted by Crippen LogP contribution is 2.39. The maximum absolute atomic E-state index is 11.7. The fraction of sp³-hybridized carbons (Fsp3) is 0.583. The molecule has 3 heteroatoms. The van der Waals surface area contributed by atoms with Crippen LogP contribution in [-0.2, 0) is 4.79 Å². The van der Waals surface area contributed by atoms with Gasteiger partial charge in [0, 0.05) is 0 Å². The van der Waals surface area contributed by atoms with Crippen LogP contribution in [0.4, 0.5) is 0 Å². The van der Waals surface area contributed by atoms with Gasteiger partial charge in [0.1, 0.15) is 5.60 Å². The largest absolute Gasteiger partial charge is 0.386 e. The second-order valence-electron chi connectivity index (χ2n) is 4.44. The number of rotatable bonds is 1. The van der Waals surface area contributed by atoms with E-state index in [2.05, 4.69) is 0 Å². The van der Waals surface area contributed by atoms with Gasteiger partial charge in [-0.3, -0.25) is 4.79 Å². The molecule has 0 saturated heterocycles. The minimum Gasteiger partial charge on any atom is -0.386 e. The standard InChI is InChI=1S/C12H16O3/c13-10-6-2-5-9-12(10,15)11(14)7-3-1-4-8-11/h2,5-6,9,14-15H,1,3-4,7-8H2. The Bertz CT molecular complexity index is 324. The van der Waals surface area contributed by atoms with E-state index in [-0.39, 0.29) is 0 Å². The molecule has 1 fully saturated rings. The SMILES string of the molecule is O=C1C=CC=CC1(O)C1(O)CCCCC1. The molecule has 1 unspecified atom stereocenters. The van der Waals surface area contributed by atoms with Gasteiger partial charge in [-0.05, 0) is 25.0 Å². The molecule has 0 heterocycles. The van der Waals surface area contributed by atoms with Crippen molar-refractivity contribution < 1.29 is 15.0 Å². The number of hydrogen-bond donors (Lipinski definition) is 2. The first-order valence-corrected chi connectivity index (χ1v) is 5.44. The first-order valence-electron chi connectivity index (χ1n) is 5.44. The highest BCUT2D eigenvalue weighted by Gasteiger charge is 2.52. The lowest BCUT2D eigenvalue weighted by molar-refractivity contribution is -0.163. The van der Waals surface area contributed by atoms with Crippen molar-refractivity contribution in [3.05, 3.63) is 24.3 Å². The molecule has 0 bridgehead atoms. The number of aliphatic hydroxyl groups is 2. The zero-order valence-electron chi connectivity index (χ0n) is 8.65. The van der Waals surface area contributed by atoms with Crippen LogP contribution in [0, 0.1) is 0 Å². The molecule has 2 N–H and O–H groups in total. The molecule has 0 aliphatic heterocycles. The van der Waals surface area contributed by atoms with Gasteiger partial charge in [-0.2, -0.15) is 0 Å². The molecule has 0 aromatic rings. The molecule has 15 heavy (non-hydrogen) atoms. The van der Waals surface area contributed by atoms with Crippen LogP contribution in [0.2, 0.25) is 0 Å². The number of carbonyl (C=O) groups is 1. The molecule has 1 saturated carbocycles. The van der Waals surface area contributed by atoms with Crippen molar-refractivity contribution in [2.24, 2.45) is 0 Å². The van der Waals surface area contributed by atoms with Crippen molar-refractivity contribution in [3.63, 3.8) is 0 Å². The molecule has 2 aliphatic carbocycles. The number of hydrogen-bond acceptors (Lipinski definition) is 3. The Morgan fingerprint density at radius 2 is 1.73 bits per heavy atom. The van der Waals surface area contributed by atoms with E-state index in [1.54, 1.807) is 12.2 Å². The zero-order valence-corrected chi connectivity index (χ0v) is 8.65. The molecule has 82 valence electrons. The second kappa shape index (κ2) is 3.58. The van der Waals surface area contributed by atoms with Crippen LogP contribution in [0.1, 0.15) is 32.1 Å². The van der Waals surface area contributed by atoms with Crippen LogP contribution in [-0.4, -0.2) is 27.2 Å². The average molecular weight is 208 g/mol. The normalized spacial score (nSPS) is 34.4. The van der Waals surface area contributed by atoms with Gasteiger partial charge >= 0.3 is 0 Å². The minimum absolute atomic E-state index is 0.408. The summed E-state index contributed by atoms with van der Waals surface area (Å²) in [7, 11) is 0. The summed E-state index contributed by atoms with van der Waals surface area (Å²) < 4.78 is 0. The van der Waals surface area contributed by atoms with Gasteiger partial charge < -0.3 is 10.2 Å². The molecule has 3 nitrogen and oxygen atoms in total. The molecule has 0 amide bonds. The van der Waals surface area contributed by atoms with Crippen LogP contribution in [0.5, 0.6) is 0 Å². The summed E-state index contributed by atoms with van der Waals surface area (Å²) in [4.78, 5) is 11.7. The van der Waals surface area contributed by atoms with Crippen molar-refractivity contribution in [3.8, 4) is 0 Å². The summed E-state index contributed by atoms with van der Waals surface area (Å²) in [6.45, 7) is 0. The third kappa shape index (κ3) is 1.56. The second-order valence-corrected chi connectivity index (χ2v) is 4.44. The van der Waals surface area contributed by atoms with E-state index in [0.29, 0.717) is 12.8 Å². The highest BCUT2D eigenvalue weighted by atomic mass is 16.4. The predicted octanol–water partition coefficient (Wildman–Crippen LogP) is 1.11. The lowest BCUT2D eigenvalue weighted by Crippen LogP contribution is -2.59. The van der Waals surface area contributed by atoms with E-state index in [1.807, 2.05) is 0 Å². The van der Waals surface area contributed by atoms with Crippen molar-refractivity contribution in [1.82, 2.24) is 0 Å². The van der Waals surface area contributed by atoms with E-state index in [0.717, 1.165) is 19.3 Å². The summed E-state index contributed by atoms with van der Waals surface area (Å²) in [5, 5.41) is 20.7. The molecule has 0 aromatic heterocycles. The van der Waals surface area contributed by atoms with E-state index in [1.165, 1.54) is 12.2 Å². The zero-order chi connectivity index (χ0) is 10.9. The Morgan fingerprint density at radius 1 is 1.07 bits per heavy atom. The van der Waals surface area contributed by atoms with E-state index >= 15 is 0 Å². The van der Waals surface area contributed by atoms with Crippen LogP contribution >= 0.6 is 0 Å². The molecular formula is C12H16O3. The third-order valence-electron chi connectivity index (χ3n) is 3.46. The van der Waals surface area contributed by atoms with E-state index in [4.69, 9.17) is 0 Å². The monoisotopic (exact) mass is 208 g/mol. The summed E-state index contributed by atoms with van der Waals surface area (Å²) in [6, 6.07) is 0. The maximum atomic E-state index is 11.7. The number of allylic oxidation sites excluding steroid dienone is 2. The van der Waals surface area contributed by atoms with Gasteiger partial charge in [0.25, 0.3) is 0 Å². The third-order valence-corrected chi connectivity index (χ3v) is 3.46. The van der Waals surface area contributed by atoms with Crippen LogP contribution in [0.25, 0.3) is 0 Å². The minimum atomic E-state index is -1.71. The van der Waals surface area contributed by atoms with E-state index in [9.17, 15) is 15.0 Å². The van der Waals surface area contributed by atoms with E-state index < -0.39 is 17.0 Å². The molecule has 0 spiro atoms. The summed E-state index contributed by atoms with van der Waals surface area (Å²) in [5.41, 5.74) is -2.98. The lowest BCUT2D eigenvalue weighted by Gasteiger charge is -2.43. The van der Waals surface area contributed by atoms with Crippen LogP contribution < -0.4 is 0 Å². The Labute approximate surface area is 89.1 Å². The Morgan fingerprint density at radius 3 is 2.33 bits per heavy atom. The quantitative estimate of drug-likeness (QED) is 0.678.